The first kappa shape index (κ1) is 28.8. The van der Waals surface area contributed by atoms with Gasteiger partial charge >= 0.3 is 11.9 Å². The number of carbonyl (C=O) groups excluding carboxylic acids is 4. The van der Waals surface area contributed by atoms with E-state index >= 15 is 0 Å². The van der Waals surface area contributed by atoms with Crippen molar-refractivity contribution in [3.8, 4) is 0 Å². The van der Waals surface area contributed by atoms with E-state index in [2.05, 4.69) is 27.4 Å². The van der Waals surface area contributed by atoms with E-state index in [1.807, 2.05) is 13.8 Å². The fraction of sp³-hybridized carbons (Fsp3) is 0.750. The number of methoxy groups -OCH3 is 1. The summed E-state index contributed by atoms with van der Waals surface area (Å²) in [5.41, 5.74) is 2.29. The molecule has 0 unspecified atom stereocenters. The Hall–Kier alpha value is -2.24. The fourth-order valence-corrected chi connectivity index (χ4v) is 8.96. The van der Waals surface area contributed by atoms with Crippen molar-refractivity contribution in [2.24, 2.45) is 46.3 Å². The van der Waals surface area contributed by atoms with Crippen LogP contribution in [0.5, 0.6) is 0 Å². The van der Waals surface area contributed by atoms with Crippen LogP contribution in [0, 0.1) is 46.3 Å². The minimum absolute atomic E-state index is 0.0130. The van der Waals surface area contributed by atoms with Gasteiger partial charge < -0.3 is 9.47 Å². The van der Waals surface area contributed by atoms with Gasteiger partial charge in [0.05, 0.1) is 13.0 Å². The summed E-state index contributed by atoms with van der Waals surface area (Å²) in [6.45, 7) is 16.1. The molecule has 38 heavy (non-hydrogen) atoms. The van der Waals surface area contributed by atoms with Crippen LogP contribution in [0.15, 0.2) is 23.3 Å². The van der Waals surface area contributed by atoms with E-state index in [1.165, 1.54) is 14.0 Å². The van der Waals surface area contributed by atoms with Crippen molar-refractivity contribution in [2.75, 3.05) is 7.11 Å². The van der Waals surface area contributed by atoms with Gasteiger partial charge in [0.2, 0.25) is 0 Å². The summed E-state index contributed by atoms with van der Waals surface area (Å²) < 4.78 is 10.8. The Labute approximate surface area is 228 Å². The standard InChI is InChI=1S/C32H46O6/c1-17(19(3)30(36)37-8)9-10-18(2)22-11-12-23-28-27(38-21(5)33)15-24-20(4)25(34)13-14-31(24,6)29(28)26(35)16-32(22,23)7/h18-20,22-24,27H,1,9-16H2,2-8H3/t18-,19+,20+,22-,23+,24+,27-,31+,32-/m1/s1. The van der Waals surface area contributed by atoms with E-state index in [0.717, 1.165) is 42.4 Å². The van der Waals surface area contributed by atoms with E-state index in [1.54, 1.807) is 0 Å². The third-order valence-corrected chi connectivity index (χ3v) is 11.2. The second-order valence-electron chi connectivity index (χ2n) is 13.2. The lowest BCUT2D eigenvalue weighted by molar-refractivity contribution is -0.150. The second-order valence-corrected chi connectivity index (χ2v) is 13.2. The number of hydrogen-bond donors (Lipinski definition) is 0. The monoisotopic (exact) mass is 526 g/mol. The van der Waals surface area contributed by atoms with Gasteiger partial charge in [-0.1, -0.05) is 39.8 Å². The van der Waals surface area contributed by atoms with Crippen LogP contribution in [0.25, 0.3) is 0 Å². The Morgan fingerprint density at radius 3 is 2.47 bits per heavy atom. The van der Waals surface area contributed by atoms with Crippen LogP contribution in [0.4, 0.5) is 0 Å². The molecule has 0 N–H and O–H groups in total. The summed E-state index contributed by atoms with van der Waals surface area (Å²) in [6, 6.07) is 0. The summed E-state index contributed by atoms with van der Waals surface area (Å²) in [6.07, 6.45) is 5.54. The summed E-state index contributed by atoms with van der Waals surface area (Å²) in [7, 11) is 1.40. The van der Waals surface area contributed by atoms with E-state index in [0.29, 0.717) is 37.5 Å². The molecule has 0 amide bonds. The predicted octanol–water partition coefficient (Wildman–Crippen LogP) is 6.03. The zero-order valence-corrected chi connectivity index (χ0v) is 24.4. The molecule has 4 aliphatic carbocycles. The molecule has 2 saturated carbocycles. The molecule has 0 radical (unpaired) electrons. The summed E-state index contributed by atoms with van der Waals surface area (Å²) >= 11 is 0. The second kappa shape index (κ2) is 10.4. The van der Waals surface area contributed by atoms with E-state index < -0.39 is 6.10 Å². The Kier molecular flexibility index (Phi) is 7.86. The molecule has 0 saturated heterocycles. The van der Waals surface area contributed by atoms with Gasteiger partial charge in [-0.15, -0.1) is 0 Å². The highest BCUT2D eigenvalue weighted by Crippen LogP contribution is 2.65. The molecule has 0 aromatic carbocycles. The van der Waals surface area contributed by atoms with Crippen LogP contribution in [0.3, 0.4) is 0 Å². The lowest BCUT2D eigenvalue weighted by Crippen LogP contribution is -2.54. The summed E-state index contributed by atoms with van der Waals surface area (Å²) in [4.78, 5) is 51.0. The highest BCUT2D eigenvalue weighted by atomic mass is 16.5. The third kappa shape index (κ3) is 4.60. The molecule has 4 rings (SSSR count). The van der Waals surface area contributed by atoms with Crippen molar-refractivity contribution in [3.05, 3.63) is 23.3 Å². The minimum atomic E-state index is -0.433. The molecule has 0 spiro atoms. The van der Waals surface area contributed by atoms with E-state index in [-0.39, 0.29) is 58.0 Å². The Balaban J connectivity index is 1.65. The minimum Gasteiger partial charge on any atom is -0.469 e. The van der Waals surface area contributed by atoms with Crippen LogP contribution in [0.2, 0.25) is 0 Å². The molecule has 0 aromatic heterocycles. The molecule has 0 aliphatic heterocycles. The largest absolute Gasteiger partial charge is 0.469 e. The van der Waals surface area contributed by atoms with Crippen molar-refractivity contribution in [1.82, 2.24) is 0 Å². The highest BCUT2D eigenvalue weighted by Gasteiger charge is 2.62. The first-order chi connectivity index (χ1) is 17.8. The van der Waals surface area contributed by atoms with Crippen LogP contribution < -0.4 is 0 Å². The molecular formula is C32H46O6. The normalized spacial score (nSPS) is 38.0. The molecule has 4 aliphatic rings. The summed E-state index contributed by atoms with van der Waals surface area (Å²) in [5, 5.41) is 0. The molecule has 0 heterocycles. The number of Topliss-reactive ketones (excluding diaryl/α,β-unsaturated/α-hetero) is 2. The number of hydrogen-bond acceptors (Lipinski definition) is 6. The van der Waals surface area contributed by atoms with Crippen molar-refractivity contribution in [2.45, 2.75) is 99.0 Å². The predicted molar refractivity (Wildman–Crippen MR) is 145 cm³/mol. The average molecular weight is 527 g/mol. The molecule has 0 aromatic rings. The zero-order valence-electron chi connectivity index (χ0n) is 24.4. The number of esters is 2. The van der Waals surface area contributed by atoms with Crippen molar-refractivity contribution < 1.29 is 28.7 Å². The Bertz CT molecular complexity index is 1070. The molecule has 6 nitrogen and oxygen atoms in total. The zero-order chi connectivity index (χ0) is 28.2. The van der Waals surface area contributed by atoms with Gasteiger partial charge in [-0.3, -0.25) is 19.2 Å². The van der Waals surface area contributed by atoms with Crippen molar-refractivity contribution in [1.29, 1.82) is 0 Å². The maximum absolute atomic E-state index is 14.1. The number of ether oxygens (including phenoxy) is 2. The van der Waals surface area contributed by atoms with Gasteiger partial charge in [-0.2, -0.15) is 0 Å². The van der Waals surface area contributed by atoms with Gasteiger partial charge in [-0.05, 0) is 80.1 Å². The van der Waals surface area contributed by atoms with Crippen LogP contribution in [-0.4, -0.2) is 36.7 Å². The van der Waals surface area contributed by atoms with E-state index in [4.69, 9.17) is 9.47 Å². The number of fused-ring (bicyclic) bond motifs is 4. The lowest BCUT2D eigenvalue weighted by atomic mass is 9.48. The van der Waals surface area contributed by atoms with Crippen molar-refractivity contribution >= 4 is 23.5 Å². The number of allylic oxidation sites excluding steroid dienone is 1. The molecule has 6 heteroatoms. The van der Waals surface area contributed by atoms with Gasteiger partial charge in [-0.25, -0.2) is 0 Å². The first-order valence-electron chi connectivity index (χ1n) is 14.5. The fourth-order valence-electron chi connectivity index (χ4n) is 8.96. The molecular weight excluding hydrogens is 480 g/mol. The van der Waals surface area contributed by atoms with Gasteiger partial charge in [0, 0.05) is 36.7 Å². The summed E-state index contributed by atoms with van der Waals surface area (Å²) in [5.74, 6) is 0.293. The number of ketones is 2. The third-order valence-electron chi connectivity index (χ3n) is 11.2. The van der Waals surface area contributed by atoms with Crippen LogP contribution in [-0.2, 0) is 28.7 Å². The van der Waals surface area contributed by atoms with Gasteiger partial charge in [0.25, 0.3) is 0 Å². The average Bonchev–Trinajstić information content (AvgIpc) is 3.20. The number of carbonyl (C=O) groups is 4. The molecule has 0 bridgehead atoms. The topological polar surface area (TPSA) is 86.7 Å². The molecule has 9 atom stereocenters. The van der Waals surface area contributed by atoms with Crippen LogP contribution >= 0.6 is 0 Å². The van der Waals surface area contributed by atoms with Gasteiger partial charge in [0.15, 0.2) is 5.78 Å². The molecule has 2 fully saturated rings. The smallest absolute Gasteiger partial charge is 0.312 e. The van der Waals surface area contributed by atoms with Crippen molar-refractivity contribution in [3.63, 3.8) is 0 Å². The highest BCUT2D eigenvalue weighted by molar-refractivity contribution is 6.00. The quantitative estimate of drug-likeness (QED) is 0.297. The van der Waals surface area contributed by atoms with Crippen LogP contribution in [0.1, 0.15) is 92.9 Å². The lowest BCUT2D eigenvalue weighted by Gasteiger charge is -2.56. The molecule has 210 valence electrons. The number of rotatable bonds is 7. The first-order valence-corrected chi connectivity index (χ1v) is 14.5. The van der Waals surface area contributed by atoms with Gasteiger partial charge in [0.1, 0.15) is 11.9 Å². The SMILES string of the molecule is C=C(CC[C@@H](C)[C@H]1CC[C@H]2C3=C(C(=O)C[C@]12C)[C@@]1(C)CCC(=O)[C@@H](C)[C@@H]1C[C@H]3OC(C)=O)[C@H](C)C(=O)OC. The van der Waals surface area contributed by atoms with E-state index in [9.17, 15) is 19.2 Å². The Morgan fingerprint density at radius 2 is 1.84 bits per heavy atom. The maximum atomic E-state index is 14.1. The maximum Gasteiger partial charge on any atom is 0.312 e. The Morgan fingerprint density at radius 1 is 1.16 bits per heavy atom.